The van der Waals surface area contributed by atoms with Gasteiger partial charge in [0.2, 0.25) is 5.91 Å². The standard InChI is InChI=1S/C15H21NO3/c1-10(17)16-15(5,13(18)19)12-8-6-11(7-9-12)14(2,3)4/h6-9H,1-5H3,(H,16,17)(H,18,19). The number of nitrogens with one attached hydrogen (secondary N) is 1. The number of benzene rings is 1. The van der Waals surface area contributed by atoms with Crippen molar-refractivity contribution in [3.63, 3.8) is 0 Å². The van der Waals surface area contributed by atoms with Crippen molar-refractivity contribution in [2.24, 2.45) is 0 Å². The van der Waals surface area contributed by atoms with Crippen molar-refractivity contribution in [1.29, 1.82) is 0 Å². The molecular formula is C15H21NO3. The van der Waals surface area contributed by atoms with Crippen molar-refractivity contribution in [1.82, 2.24) is 5.32 Å². The number of amides is 1. The summed E-state index contributed by atoms with van der Waals surface area (Å²) in [5.74, 6) is -1.45. The Hall–Kier alpha value is -1.84. The Morgan fingerprint density at radius 3 is 1.74 bits per heavy atom. The average Bonchev–Trinajstić information content (AvgIpc) is 2.26. The molecule has 0 fully saturated rings. The molecule has 2 N–H and O–H groups in total. The van der Waals surface area contributed by atoms with Gasteiger partial charge in [-0.2, -0.15) is 0 Å². The Morgan fingerprint density at radius 1 is 1.00 bits per heavy atom. The smallest absolute Gasteiger partial charge is 0.333 e. The average molecular weight is 263 g/mol. The van der Waals surface area contributed by atoms with E-state index in [9.17, 15) is 14.7 Å². The highest BCUT2D eigenvalue weighted by Crippen LogP contribution is 2.26. The summed E-state index contributed by atoms with van der Waals surface area (Å²) in [6.45, 7) is 9.07. The van der Waals surface area contributed by atoms with Crippen LogP contribution in [-0.4, -0.2) is 17.0 Å². The van der Waals surface area contributed by atoms with Crippen molar-refractivity contribution < 1.29 is 14.7 Å². The monoisotopic (exact) mass is 263 g/mol. The molecule has 4 heteroatoms. The summed E-state index contributed by atoms with van der Waals surface area (Å²) >= 11 is 0. The van der Waals surface area contributed by atoms with Gasteiger partial charge in [-0.3, -0.25) is 4.79 Å². The molecule has 19 heavy (non-hydrogen) atoms. The zero-order valence-corrected chi connectivity index (χ0v) is 12.1. The number of carbonyl (C=O) groups is 2. The van der Waals surface area contributed by atoms with Crippen LogP contribution in [0.3, 0.4) is 0 Å². The Morgan fingerprint density at radius 2 is 1.42 bits per heavy atom. The second kappa shape index (κ2) is 5.03. The molecule has 1 rings (SSSR count). The fraction of sp³-hybridized carbons (Fsp3) is 0.467. The molecular weight excluding hydrogens is 242 g/mol. The number of hydrogen-bond acceptors (Lipinski definition) is 2. The first-order chi connectivity index (χ1) is 8.57. The van der Waals surface area contributed by atoms with Gasteiger partial charge < -0.3 is 10.4 Å². The van der Waals surface area contributed by atoms with Gasteiger partial charge in [-0.25, -0.2) is 4.79 Å². The van der Waals surface area contributed by atoms with E-state index < -0.39 is 11.5 Å². The first kappa shape index (κ1) is 15.2. The van der Waals surface area contributed by atoms with Crippen LogP contribution in [0.25, 0.3) is 0 Å². The van der Waals surface area contributed by atoms with Crippen LogP contribution in [0.1, 0.15) is 45.7 Å². The lowest BCUT2D eigenvalue weighted by Gasteiger charge is -2.27. The largest absolute Gasteiger partial charge is 0.479 e. The second-order valence-corrected chi connectivity index (χ2v) is 5.94. The predicted molar refractivity (Wildman–Crippen MR) is 73.9 cm³/mol. The van der Waals surface area contributed by atoms with Gasteiger partial charge in [0, 0.05) is 6.92 Å². The highest BCUT2D eigenvalue weighted by atomic mass is 16.4. The Bertz CT molecular complexity index is 485. The van der Waals surface area contributed by atoms with E-state index in [1.807, 2.05) is 12.1 Å². The maximum atomic E-state index is 11.4. The van der Waals surface area contributed by atoms with E-state index in [4.69, 9.17) is 0 Å². The van der Waals surface area contributed by atoms with Gasteiger partial charge in [-0.15, -0.1) is 0 Å². The normalized spacial score (nSPS) is 14.6. The molecule has 0 bridgehead atoms. The fourth-order valence-corrected chi connectivity index (χ4v) is 1.90. The molecule has 0 heterocycles. The molecule has 0 aliphatic heterocycles. The molecule has 4 nitrogen and oxygen atoms in total. The van der Waals surface area contributed by atoms with E-state index >= 15 is 0 Å². The van der Waals surface area contributed by atoms with Gasteiger partial charge in [0.05, 0.1) is 0 Å². The summed E-state index contributed by atoms with van der Waals surface area (Å²) in [4.78, 5) is 22.6. The SMILES string of the molecule is CC(=O)NC(C)(C(=O)O)c1ccc(C(C)(C)C)cc1. The molecule has 0 aliphatic carbocycles. The van der Waals surface area contributed by atoms with E-state index in [0.29, 0.717) is 5.56 Å². The van der Waals surface area contributed by atoms with Crippen molar-refractivity contribution in [2.45, 2.75) is 45.6 Å². The first-order valence-electron chi connectivity index (χ1n) is 6.20. The van der Waals surface area contributed by atoms with Crippen LogP contribution < -0.4 is 5.32 Å². The molecule has 0 saturated heterocycles. The van der Waals surface area contributed by atoms with Crippen LogP contribution in [0.5, 0.6) is 0 Å². The van der Waals surface area contributed by atoms with Gasteiger partial charge >= 0.3 is 5.97 Å². The summed E-state index contributed by atoms with van der Waals surface area (Å²) in [5, 5.41) is 11.8. The lowest BCUT2D eigenvalue weighted by molar-refractivity contribution is -0.147. The van der Waals surface area contributed by atoms with Crippen LogP contribution in [-0.2, 0) is 20.5 Å². The molecule has 1 aromatic rings. The third kappa shape index (κ3) is 3.34. The van der Waals surface area contributed by atoms with E-state index in [2.05, 4.69) is 26.1 Å². The minimum Gasteiger partial charge on any atom is -0.479 e. The number of aliphatic carboxylic acids is 1. The lowest BCUT2D eigenvalue weighted by Crippen LogP contribution is -2.48. The maximum Gasteiger partial charge on any atom is 0.333 e. The van der Waals surface area contributed by atoms with E-state index in [0.717, 1.165) is 5.56 Å². The van der Waals surface area contributed by atoms with Crippen LogP contribution in [0.2, 0.25) is 0 Å². The molecule has 0 radical (unpaired) electrons. The molecule has 104 valence electrons. The summed E-state index contributed by atoms with van der Waals surface area (Å²) in [6, 6.07) is 7.31. The van der Waals surface area contributed by atoms with Gasteiger partial charge in [0.15, 0.2) is 5.54 Å². The molecule has 1 aromatic carbocycles. The fourth-order valence-electron chi connectivity index (χ4n) is 1.90. The molecule has 0 aromatic heterocycles. The predicted octanol–water partition coefficient (Wildman–Crippen LogP) is 2.42. The number of carboxylic acid groups (broad SMARTS) is 1. The molecule has 1 amide bonds. The highest BCUT2D eigenvalue weighted by molar-refractivity contribution is 5.86. The lowest BCUT2D eigenvalue weighted by atomic mass is 9.84. The van der Waals surface area contributed by atoms with Gasteiger partial charge in [0.1, 0.15) is 0 Å². The summed E-state index contributed by atoms with van der Waals surface area (Å²) in [7, 11) is 0. The van der Waals surface area contributed by atoms with E-state index in [1.165, 1.54) is 13.8 Å². The number of hydrogen-bond donors (Lipinski definition) is 2. The molecule has 1 atom stereocenters. The molecule has 0 aliphatic rings. The Labute approximate surface area is 113 Å². The third-order valence-corrected chi connectivity index (χ3v) is 3.18. The van der Waals surface area contributed by atoms with Crippen LogP contribution >= 0.6 is 0 Å². The first-order valence-corrected chi connectivity index (χ1v) is 6.20. The molecule has 0 saturated carbocycles. The summed E-state index contributed by atoms with van der Waals surface area (Å²) < 4.78 is 0. The van der Waals surface area contributed by atoms with Crippen LogP contribution in [0, 0.1) is 0 Å². The minimum absolute atomic E-state index is 0.00611. The van der Waals surface area contributed by atoms with Crippen molar-refractivity contribution in [3.05, 3.63) is 35.4 Å². The van der Waals surface area contributed by atoms with E-state index in [-0.39, 0.29) is 11.3 Å². The zero-order chi connectivity index (χ0) is 14.8. The van der Waals surface area contributed by atoms with Crippen molar-refractivity contribution >= 4 is 11.9 Å². The van der Waals surface area contributed by atoms with Gasteiger partial charge in [0.25, 0.3) is 0 Å². The highest BCUT2D eigenvalue weighted by Gasteiger charge is 2.36. The van der Waals surface area contributed by atoms with Crippen molar-refractivity contribution in [3.8, 4) is 0 Å². The third-order valence-electron chi connectivity index (χ3n) is 3.18. The van der Waals surface area contributed by atoms with E-state index in [1.54, 1.807) is 12.1 Å². The summed E-state index contributed by atoms with van der Waals surface area (Å²) in [6.07, 6.45) is 0. The summed E-state index contributed by atoms with van der Waals surface area (Å²) in [5.41, 5.74) is 0.282. The zero-order valence-electron chi connectivity index (χ0n) is 12.1. The van der Waals surface area contributed by atoms with Gasteiger partial charge in [-0.05, 0) is 23.5 Å². The van der Waals surface area contributed by atoms with Crippen molar-refractivity contribution in [2.75, 3.05) is 0 Å². The van der Waals surface area contributed by atoms with Gasteiger partial charge in [-0.1, -0.05) is 45.0 Å². The van der Waals surface area contributed by atoms with Crippen LogP contribution in [0.4, 0.5) is 0 Å². The number of carboxylic acids is 1. The number of carbonyl (C=O) groups excluding carboxylic acids is 1. The minimum atomic E-state index is -1.40. The molecule has 0 spiro atoms. The quantitative estimate of drug-likeness (QED) is 0.880. The topological polar surface area (TPSA) is 66.4 Å². The second-order valence-electron chi connectivity index (χ2n) is 5.94. The maximum absolute atomic E-state index is 11.4. The van der Waals surface area contributed by atoms with Crippen LogP contribution in [0.15, 0.2) is 24.3 Å². The number of rotatable bonds is 3. The molecule has 1 unspecified atom stereocenters. The Balaban J connectivity index is 3.19. The Kier molecular flexibility index (Phi) is 4.03.